The van der Waals surface area contributed by atoms with Crippen molar-refractivity contribution in [1.29, 1.82) is 0 Å². The van der Waals surface area contributed by atoms with Crippen LogP contribution in [0.4, 0.5) is 0 Å². The van der Waals surface area contributed by atoms with E-state index in [0.717, 1.165) is 25.0 Å². The number of hydrogen-bond acceptors (Lipinski definition) is 2. The molecule has 0 heterocycles. The van der Waals surface area contributed by atoms with Gasteiger partial charge < -0.3 is 4.74 Å². The van der Waals surface area contributed by atoms with E-state index in [1.165, 1.54) is 6.42 Å². The smallest absolute Gasteiger partial charge is 0.139 e. The first-order chi connectivity index (χ1) is 7.72. The van der Waals surface area contributed by atoms with Gasteiger partial charge in [-0.25, -0.2) is 0 Å². The van der Waals surface area contributed by atoms with Crippen LogP contribution in [0.2, 0.25) is 0 Å². The third kappa shape index (κ3) is 2.21. The van der Waals surface area contributed by atoms with Gasteiger partial charge in [0, 0.05) is 11.8 Å². The minimum atomic E-state index is 0.245. The lowest BCUT2D eigenvalue weighted by molar-refractivity contribution is -0.129. The minimum Gasteiger partial charge on any atom is -0.497 e. The molecular weight excluding hydrogens is 200 g/mol. The fourth-order valence-corrected chi connectivity index (χ4v) is 2.79. The Balaban J connectivity index is 2.02. The number of allylic oxidation sites excluding steroid dienone is 3. The van der Waals surface area contributed by atoms with E-state index in [4.69, 9.17) is 4.74 Å². The summed E-state index contributed by atoms with van der Waals surface area (Å²) in [5.74, 6) is 2.30. The van der Waals surface area contributed by atoms with Crippen molar-refractivity contribution in [2.45, 2.75) is 32.6 Å². The highest BCUT2D eigenvalue weighted by Crippen LogP contribution is 2.34. The van der Waals surface area contributed by atoms with Crippen LogP contribution in [0.1, 0.15) is 32.6 Å². The van der Waals surface area contributed by atoms with Gasteiger partial charge in [-0.1, -0.05) is 19.4 Å². The van der Waals surface area contributed by atoms with Crippen molar-refractivity contribution in [1.82, 2.24) is 0 Å². The summed E-state index contributed by atoms with van der Waals surface area (Å²) in [6, 6.07) is 0. The maximum absolute atomic E-state index is 12.1. The molecule has 2 rings (SSSR count). The van der Waals surface area contributed by atoms with Crippen molar-refractivity contribution >= 4 is 5.78 Å². The van der Waals surface area contributed by atoms with E-state index in [0.29, 0.717) is 11.7 Å². The number of ether oxygens (including phenoxy) is 1. The average Bonchev–Trinajstić information content (AvgIpc) is 2.33. The molecule has 1 saturated carbocycles. The molecule has 88 valence electrons. The van der Waals surface area contributed by atoms with Gasteiger partial charge in [-0.2, -0.15) is 0 Å². The molecule has 2 heteroatoms. The number of carbonyl (C=O) groups is 1. The minimum absolute atomic E-state index is 0.245. The van der Waals surface area contributed by atoms with Crippen LogP contribution in [0.15, 0.2) is 24.0 Å². The van der Waals surface area contributed by atoms with E-state index in [1.54, 1.807) is 7.11 Å². The summed E-state index contributed by atoms with van der Waals surface area (Å²) in [6.45, 7) is 2.07. The van der Waals surface area contributed by atoms with Gasteiger partial charge in [0.25, 0.3) is 0 Å². The molecular formula is C14H20O2. The Morgan fingerprint density at radius 3 is 2.81 bits per heavy atom. The van der Waals surface area contributed by atoms with E-state index in [1.807, 2.05) is 6.08 Å². The number of Topliss-reactive ketones (excluding diaryl/α,β-unsaturated/α-hetero) is 1. The summed E-state index contributed by atoms with van der Waals surface area (Å²) in [5.41, 5.74) is 0. The van der Waals surface area contributed by atoms with Gasteiger partial charge in [0.15, 0.2) is 0 Å². The van der Waals surface area contributed by atoms with Gasteiger partial charge in [0.05, 0.1) is 7.11 Å². The quantitative estimate of drug-likeness (QED) is 0.714. The van der Waals surface area contributed by atoms with Crippen LogP contribution in [-0.4, -0.2) is 12.9 Å². The number of methoxy groups -OCH3 is 1. The van der Waals surface area contributed by atoms with Gasteiger partial charge in [0.2, 0.25) is 0 Å². The lowest BCUT2D eigenvalue weighted by atomic mass is 9.73. The van der Waals surface area contributed by atoms with Crippen molar-refractivity contribution in [3.8, 4) is 0 Å². The molecule has 3 atom stereocenters. The standard InChI is InChI=1S/C14H20O2/c1-10-4-3-5-13(14(10)15)11-6-8-12(16-2)9-7-11/h6,8-11,13H,3-5,7H2,1-2H3. The maximum Gasteiger partial charge on any atom is 0.139 e. The maximum atomic E-state index is 12.1. The number of rotatable bonds is 2. The second-order valence-electron chi connectivity index (χ2n) is 4.91. The van der Waals surface area contributed by atoms with E-state index in [-0.39, 0.29) is 11.8 Å². The van der Waals surface area contributed by atoms with Gasteiger partial charge in [-0.3, -0.25) is 4.79 Å². The average molecular weight is 220 g/mol. The number of carbonyl (C=O) groups excluding carboxylic acids is 1. The van der Waals surface area contributed by atoms with Crippen molar-refractivity contribution in [2.24, 2.45) is 17.8 Å². The molecule has 3 unspecified atom stereocenters. The van der Waals surface area contributed by atoms with Gasteiger partial charge >= 0.3 is 0 Å². The number of hydrogen-bond donors (Lipinski definition) is 0. The lowest BCUT2D eigenvalue weighted by Crippen LogP contribution is -2.31. The topological polar surface area (TPSA) is 26.3 Å². The summed E-state index contributed by atoms with van der Waals surface area (Å²) < 4.78 is 5.16. The molecule has 0 saturated heterocycles. The molecule has 1 fully saturated rings. The monoisotopic (exact) mass is 220 g/mol. The molecule has 0 aliphatic heterocycles. The first-order valence-electron chi connectivity index (χ1n) is 6.18. The summed E-state index contributed by atoms with van der Waals surface area (Å²) >= 11 is 0. The van der Waals surface area contributed by atoms with Gasteiger partial charge in [0.1, 0.15) is 11.5 Å². The normalized spacial score (nSPS) is 34.8. The van der Waals surface area contributed by atoms with Crippen molar-refractivity contribution in [3.63, 3.8) is 0 Å². The summed E-state index contributed by atoms with van der Waals surface area (Å²) in [5, 5.41) is 0. The van der Waals surface area contributed by atoms with Crippen LogP contribution >= 0.6 is 0 Å². The van der Waals surface area contributed by atoms with Crippen LogP contribution in [-0.2, 0) is 9.53 Å². The molecule has 0 N–H and O–H groups in total. The molecule has 0 aromatic carbocycles. The molecule has 0 bridgehead atoms. The predicted octanol–water partition coefficient (Wildman–Crippen LogP) is 3.10. The predicted molar refractivity (Wildman–Crippen MR) is 63.9 cm³/mol. The van der Waals surface area contributed by atoms with E-state index in [9.17, 15) is 4.79 Å². The number of ketones is 1. The third-order valence-electron chi connectivity index (χ3n) is 3.85. The van der Waals surface area contributed by atoms with Crippen molar-refractivity contribution < 1.29 is 9.53 Å². The Bertz CT molecular complexity index is 328. The molecule has 0 spiro atoms. The lowest BCUT2D eigenvalue weighted by Gasteiger charge is -2.31. The molecule has 0 aromatic rings. The largest absolute Gasteiger partial charge is 0.497 e. The molecule has 2 aliphatic carbocycles. The Morgan fingerprint density at radius 1 is 1.38 bits per heavy atom. The second-order valence-corrected chi connectivity index (χ2v) is 4.91. The molecule has 2 nitrogen and oxygen atoms in total. The zero-order valence-electron chi connectivity index (χ0n) is 10.1. The van der Waals surface area contributed by atoms with E-state index >= 15 is 0 Å². The zero-order chi connectivity index (χ0) is 11.5. The zero-order valence-corrected chi connectivity index (χ0v) is 10.1. The highest BCUT2D eigenvalue weighted by atomic mass is 16.5. The fraction of sp³-hybridized carbons (Fsp3) is 0.643. The van der Waals surface area contributed by atoms with Crippen LogP contribution in [0, 0.1) is 17.8 Å². The molecule has 2 aliphatic rings. The third-order valence-corrected chi connectivity index (χ3v) is 3.85. The van der Waals surface area contributed by atoms with Gasteiger partial charge in [-0.05, 0) is 37.3 Å². The van der Waals surface area contributed by atoms with Crippen molar-refractivity contribution in [2.75, 3.05) is 7.11 Å². The molecule has 0 aromatic heterocycles. The molecule has 16 heavy (non-hydrogen) atoms. The molecule has 0 radical (unpaired) electrons. The van der Waals surface area contributed by atoms with Crippen LogP contribution in [0.25, 0.3) is 0 Å². The fourth-order valence-electron chi connectivity index (χ4n) is 2.79. The Hall–Kier alpha value is -1.05. The highest BCUT2D eigenvalue weighted by Gasteiger charge is 2.33. The van der Waals surface area contributed by atoms with Crippen LogP contribution in [0.5, 0.6) is 0 Å². The Labute approximate surface area is 97.4 Å². The van der Waals surface area contributed by atoms with Crippen molar-refractivity contribution in [3.05, 3.63) is 24.0 Å². The first-order valence-corrected chi connectivity index (χ1v) is 6.18. The SMILES string of the molecule is COC1=CCC(C2CCCC(C)C2=O)C=C1. The summed E-state index contributed by atoms with van der Waals surface area (Å²) in [7, 11) is 1.68. The second kappa shape index (κ2) is 4.86. The highest BCUT2D eigenvalue weighted by molar-refractivity contribution is 5.84. The van der Waals surface area contributed by atoms with Crippen LogP contribution in [0.3, 0.4) is 0 Å². The molecule has 0 amide bonds. The van der Waals surface area contributed by atoms with Crippen LogP contribution < -0.4 is 0 Å². The van der Waals surface area contributed by atoms with E-state index in [2.05, 4.69) is 19.1 Å². The Morgan fingerprint density at radius 2 is 2.19 bits per heavy atom. The first kappa shape index (κ1) is 11.4. The van der Waals surface area contributed by atoms with E-state index < -0.39 is 0 Å². The Kier molecular flexibility index (Phi) is 3.47. The summed E-state index contributed by atoms with van der Waals surface area (Å²) in [4.78, 5) is 12.1. The van der Waals surface area contributed by atoms with Gasteiger partial charge in [-0.15, -0.1) is 0 Å². The summed E-state index contributed by atoms with van der Waals surface area (Å²) in [6.07, 6.45) is 10.5.